The third-order valence-corrected chi connectivity index (χ3v) is 7.11. The minimum Gasteiger partial charge on any atom is -0.351 e. The van der Waals surface area contributed by atoms with Gasteiger partial charge in [0, 0.05) is 54.4 Å². The van der Waals surface area contributed by atoms with Gasteiger partial charge in [-0.2, -0.15) is 0 Å². The molecule has 1 aliphatic carbocycles. The Kier molecular flexibility index (Phi) is 8.62. The standard InChI is InChI=1S/C27H22ClF4N5O3.CH4/c28-20-5-2-1-4-19(20)23(24(39)35-17-13-27(31,32)14-17)36(18-11-15(29)10-16(30)12-18)25(40)21-6-7-22(38)37(21)26-33-8-3-9-34-26;/h1-5,8-12,17,21,23H,6-7,13-14H2,(H,35,39);1H4/t21-,23-;/m0./s1. The lowest BCUT2D eigenvalue weighted by molar-refractivity contribution is -0.133. The zero-order valence-electron chi connectivity index (χ0n) is 20.7. The van der Waals surface area contributed by atoms with E-state index < -0.39 is 66.2 Å². The highest BCUT2D eigenvalue weighted by molar-refractivity contribution is 6.31. The van der Waals surface area contributed by atoms with Crippen molar-refractivity contribution >= 4 is 41.0 Å². The molecule has 2 fully saturated rings. The van der Waals surface area contributed by atoms with Gasteiger partial charge in [0.2, 0.25) is 17.8 Å². The van der Waals surface area contributed by atoms with E-state index in [2.05, 4.69) is 15.3 Å². The van der Waals surface area contributed by atoms with Crippen LogP contribution >= 0.6 is 11.6 Å². The highest BCUT2D eigenvalue weighted by Crippen LogP contribution is 2.39. The molecule has 1 saturated carbocycles. The van der Waals surface area contributed by atoms with Gasteiger partial charge in [-0.05, 0) is 30.7 Å². The maximum Gasteiger partial charge on any atom is 0.252 e. The lowest BCUT2D eigenvalue weighted by Crippen LogP contribution is -2.56. The Bertz CT molecular complexity index is 1430. The second-order valence-electron chi connectivity index (χ2n) is 9.60. The molecule has 41 heavy (non-hydrogen) atoms. The Morgan fingerprint density at radius 3 is 2.29 bits per heavy atom. The number of nitrogens with zero attached hydrogens (tertiary/aromatic N) is 4. The van der Waals surface area contributed by atoms with Gasteiger partial charge in [0.1, 0.15) is 23.7 Å². The van der Waals surface area contributed by atoms with Crippen LogP contribution in [0.3, 0.4) is 0 Å². The van der Waals surface area contributed by atoms with Crippen molar-refractivity contribution in [1.29, 1.82) is 0 Å². The zero-order valence-corrected chi connectivity index (χ0v) is 21.5. The van der Waals surface area contributed by atoms with Crippen molar-refractivity contribution in [3.8, 4) is 0 Å². The van der Waals surface area contributed by atoms with E-state index in [0.29, 0.717) is 6.07 Å². The number of carbonyl (C=O) groups is 3. The maximum absolute atomic E-state index is 14.5. The summed E-state index contributed by atoms with van der Waals surface area (Å²) in [4.78, 5) is 50.9. The van der Waals surface area contributed by atoms with Crippen molar-refractivity contribution in [2.24, 2.45) is 0 Å². The van der Waals surface area contributed by atoms with Crippen LogP contribution in [0.1, 0.15) is 44.7 Å². The van der Waals surface area contributed by atoms with E-state index in [4.69, 9.17) is 11.6 Å². The molecule has 1 saturated heterocycles. The summed E-state index contributed by atoms with van der Waals surface area (Å²) in [6.07, 6.45) is 1.49. The van der Waals surface area contributed by atoms with Crippen molar-refractivity contribution in [2.45, 2.75) is 57.2 Å². The number of anilines is 2. The van der Waals surface area contributed by atoms with E-state index in [0.717, 1.165) is 21.9 Å². The van der Waals surface area contributed by atoms with E-state index in [1.807, 2.05) is 0 Å². The van der Waals surface area contributed by atoms with Crippen LogP contribution in [0.25, 0.3) is 0 Å². The van der Waals surface area contributed by atoms with Gasteiger partial charge in [0.25, 0.3) is 11.8 Å². The predicted molar refractivity (Wildman–Crippen MR) is 143 cm³/mol. The molecule has 8 nitrogen and oxygen atoms in total. The van der Waals surface area contributed by atoms with Crippen molar-refractivity contribution in [3.63, 3.8) is 0 Å². The average molecular weight is 592 g/mol. The number of aromatic nitrogens is 2. The first kappa shape index (κ1) is 29.9. The van der Waals surface area contributed by atoms with Gasteiger partial charge in [0.15, 0.2) is 0 Å². The largest absolute Gasteiger partial charge is 0.351 e. The summed E-state index contributed by atoms with van der Waals surface area (Å²) in [5.41, 5.74) is -0.257. The number of rotatable bonds is 7. The van der Waals surface area contributed by atoms with Crippen molar-refractivity contribution < 1.29 is 31.9 Å². The summed E-state index contributed by atoms with van der Waals surface area (Å²) in [6.45, 7) is 0. The topological polar surface area (TPSA) is 95.5 Å². The molecule has 0 bridgehead atoms. The molecule has 216 valence electrons. The Morgan fingerprint density at radius 1 is 1.05 bits per heavy atom. The second-order valence-corrected chi connectivity index (χ2v) is 10.0. The van der Waals surface area contributed by atoms with Gasteiger partial charge in [-0.1, -0.05) is 37.2 Å². The molecule has 3 aromatic rings. The highest BCUT2D eigenvalue weighted by Gasteiger charge is 2.48. The molecular weight excluding hydrogens is 566 g/mol. The molecular formula is C28H26ClF4N5O3. The molecule has 0 spiro atoms. The quantitative estimate of drug-likeness (QED) is 0.380. The summed E-state index contributed by atoms with van der Waals surface area (Å²) in [6, 6.07) is 6.06. The average Bonchev–Trinajstić information content (AvgIpc) is 3.27. The number of nitrogens with one attached hydrogen (secondary N) is 1. The van der Waals surface area contributed by atoms with E-state index >= 15 is 0 Å². The third kappa shape index (κ3) is 6.17. The Hall–Kier alpha value is -4.06. The van der Waals surface area contributed by atoms with Crippen LogP contribution in [0.4, 0.5) is 29.2 Å². The molecule has 2 atom stereocenters. The molecule has 0 radical (unpaired) electrons. The molecule has 13 heteroatoms. The summed E-state index contributed by atoms with van der Waals surface area (Å²) < 4.78 is 56.0. The smallest absolute Gasteiger partial charge is 0.252 e. The maximum atomic E-state index is 14.5. The molecule has 2 aromatic carbocycles. The summed E-state index contributed by atoms with van der Waals surface area (Å²) >= 11 is 6.43. The first-order chi connectivity index (χ1) is 19.0. The van der Waals surface area contributed by atoms with Gasteiger partial charge in [-0.3, -0.25) is 24.2 Å². The summed E-state index contributed by atoms with van der Waals surface area (Å²) in [7, 11) is 0. The van der Waals surface area contributed by atoms with Crippen molar-refractivity contribution in [3.05, 3.63) is 83.1 Å². The number of alkyl halides is 2. The zero-order chi connectivity index (χ0) is 28.6. The van der Waals surface area contributed by atoms with Crippen LogP contribution < -0.4 is 15.1 Å². The van der Waals surface area contributed by atoms with Crippen LogP contribution in [0, 0.1) is 11.6 Å². The summed E-state index contributed by atoms with van der Waals surface area (Å²) in [5.74, 6) is -7.30. The number of hydrogen-bond acceptors (Lipinski definition) is 5. The second kappa shape index (κ2) is 11.8. The predicted octanol–water partition coefficient (Wildman–Crippen LogP) is 5.23. The fourth-order valence-corrected chi connectivity index (χ4v) is 5.20. The van der Waals surface area contributed by atoms with Crippen molar-refractivity contribution in [1.82, 2.24) is 15.3 Å². The molecule has 5 rings (SSSR count). The molecule has 3 amide bonds. The lowest BCUT2D eigenvalue weighted by atomic mass is 9.87. The third-order valence-electron chi connectivity index (χ3n) is 6.77. The van der Waals surface area contributed by atoms with Gasteiger partial charge >= 0.3 is 0 Å². The molecule has 1 N–H and O–H groups in total. The SMILES string of the molecule is C.O=C(NC1CC(F)(F)C1)[C@H](c1ccccc1Cl)N(C(=O)[C@@H]1CCC(=O)N1c1ncccn1)c1cc(F)cc(F)c1. The van der Waals surface area contributed by atoms with E-state index in [-0.39, 0.29) is 42.5 Å². The monoisotopic (exact) mass is 591 g/mol. The number of carbonyl (C=O) groups excluding carboxylic acids is 3. The molecule has 1 aromatic heterocycles. The van der Waals surface area contributed by atoms with Gasteiger partial charge in [-0.15, -0.1) is 0 Å². The Balaban J connectivity index is 0.00000387. The van der Waals surface area contributed by atoms with Crippen LogP contribution in [0.2, 0.25) is 5.02 Å². The van der Waals surface area contributed by atoms with Crippen LogP contribution in [-0.4, -0.2) is 45.7 Å². The van der Waals surface area contributed by atoms with E-state index in [1.165, 1.54) is 36.7 Å². The Morgan fingerprint density at radius 2 is 1.68 bits per heavy atom. The number of benzene rings is 2. The first-order valence-corrected chi connectivity index (χ1v) is 12.7. The molecule has 0 unspecified atom stereocenters. The van der Waals surface area contributed by atoms with E-state index in [1.54, 1.807) is 6.07 Å². The fourth-order valence-electron chi connectivity index (χ4n) is 4.96. The molecule has 2 aliphatic rings. The van der Waals surface area contributed by atoms with Gasteiger partial charge < -0.3 is 5.32 Å². The normalized spacial score (nSPS) is 18.7. The van der Waals surface area contributed by atoms with E-state index in [9.17, 15) is 31.9 Å². The molecule has 1 aliphatic heterocycles. The highest BCUT2D eigenvalue weighted by atomic mass is 35.5. The first-order valence-electron chi connectivity index (χ1n) is 12.3. The number of amides is 3. The lowest BCUT2D eigenvalue weighted by Gasteiger charge is -2.39. The number of hydrogen-bond donors (Lipinski definition) is 1. The van der Waals surface area contributed by atoms with Crippen molar-refractivity contribution in [2.75, 3.05) is 9.80 Å². The fraction of sp³-hybridized carbons (Fsp3) is 0.321. The Labute approximate surface area is 238 Å². The number of halogens is 5. The van der Waals surface area contributed by atoms with Gasteiger partial charge in [0.05, 0.1) is 5.69 Å². The van der Waals surface area contributed by atoms with Gasteiger partial charge in [-0.25, -0.2) is 27.5 Å². The van der Waals surface area contributed by atoms with Crippen LogP contribution in [-0.2, 0) is 14.4 Å². The van der Waals surface area contributed by atoms with Crippen LogP contribution in [0.5, 0.6) is 0 Å². The minimum atomic E-state index is -2.95. The minimum absolute atomic E-state index is 0. The summed E-state index contributed by atoms with van der Waals surface area (Å²) in [5, 5.41) is 2.55. The molecule has 2 heterocycles. The van der Waals surface area contributed by atoms with Crippen LogP contribution in [0.15, 0.2) is 60.9 Å².